The predicted molar refractivity (Wildman–Crippen MR) is 104 cm³/mol. The topological polar surface area (TPSA) is 68.5 Å². The Morgan fingerprint density at radius 1 is 1.21 bits per heavy atom. The summed E-state index contributed by atoms with van der Waals surface area (Å²) in [7, 11) is 1.54. The molecule has 0 saturated heterocycles. The molecule has 0 bridgehead atoms. The fourth-order valence-electron chi connectivity index (χ4n) is 2.92. The molecule has 2 aromatic carbocycles. The van der Waals surface area contributed by atoms with E-state index in [2.05, 4.69) is 15.3 Å². The van der Waals surface area contributed by atoms with Crippen LogP contribution in [0, 0.1) is 5.82 Å². The lowest BCUT2D eigenvalue weighted by Gasteiger charge is -2.11. The number of rotatable bonds is 5. The Bertz CT molecular complexity index is 1110. The maximum Gasteiger partial charge on any atom is 0.234 e. The summed E-state index contributed by atoms with van der Waals surface area (Å²) in [6.07, 6.45) is 5.55. The van der Waals surface area contributed by atoms with E-state index in [-0.39, 0.29) is 18.1 Å². The fraction of sp³-hybridized carbons (Fsp3) is 0.0952. The third-order valence-electron chi connectivity index (χ3n) is 4.28. The van der Waals surface area contributed by atoms with Gasteiger partial charge < -0.3 is 10.1 Å². The summed E-state index contributed by atoms with van der Waals surface area (Å²) in [6, 6.07) is 13.1. The van der Waals surface area contributed by atoms with Gasteiger partial charge in [-0.05, 0) is 42.0 Å². The van der Waals surface area contributed by atoms with Crippen LogP contribution in [0.15, 0.2) is 67.1 Å². The number of methoxy groups -OCH3 is 1. The van der Waals surface area contributed by atoms with Crippen molar-refractivity contribution in [2.75, 3.05) is 12.4 Å². The van der Waals surface area contributed by atoms with Gasteiger partial charge in [0.1, 0.15) is 11.6 Å². The van der Waals surface area contributed by atoms with Gasteiger partial charge in [-0.25, -0.2) is 14.4 Å². The van der Waals surface area contributed by atoms with Gasteiger partial charge in [-0.15, -0.1) is 0 Å². The van der Waals surface area contributed by atoms with Crippen LogP contribution in [-0.4, -0.2) is 27.4 Å². The van der Waals surface area contributed by atoms with E-state index < -0.39 is 0 Å². The van der Waals surface area contributed by atoms with Crippen LogP contribution in [0.3, 0.4) is 0 Å². The van der Waals surface area contributed by atoms with Gasteiger partial charge in [0, 0.05) is 24.2 Å². The fourth-order valence-corrected chi connectivity index (χ4v) is 2.92. The predicted octanol–water partition coefficient (Wildman–Crippen LogP) is 3.73. The van der Waals surface area contributed by atoms with Gasteiger partial charge in [-0.3, -0.25) is 9.20 Å². The number of nitrogens with zero attached hydrogens (tertiary/aromatic N) is 3. The number of aromatic nitrogens is 3. The van der Waals surface area contributed by atoms with Gasteiger partial charge in [0.15, 0.2) is 0 Å². The van der Waals surface area contributed by atoms with Crippen molar-refractivity contribution in [3.8, 4) is 17.0 Å². The molecule has 0 unspecified atom stereocenters. The second-order valence-electron chi connectivity index (χ2n) is 6.22. The zero-order valence-electron chi connectivity index (χ0n) is 15.1. The Balaban J connectivity index is 1.59. The van der Waals surface area contributed by atoms with Crippen LogP contribution in [0.4, 0.5) is 10.1 Å². The summed E-state index contributed by atoms with van der Waals surface area (Å²) < 4.78 is 20.2. The van der Waals surface area contributed by atoms with Crippen molar-refractivity contribution >= 4 is 17.4 Å². The molecular formula is C21H17FN4O2. The maximum atomic E-state index is 13.0. The second kappa shape index (κ2) is 7.48. The highest BCUT2D eigenvalue weighted by atomic mass is 19.1. The number of benzene rings is 2. The molecule has 0 aliphatic heterocycles. The minimum atomic E-state index is -0.333. The van der Waals surface area contributed by atoms with E-state index in [1.54, 1.807) is 31.5 Å². The van der Waals surface area contributed by atoms with E-state index in [4.69, 9.17) is 4.74 Å². The summed E-state index contributed by atoms with van der Waals surface area (Å²) in [6.45, 7) is 0. The number of nitrogens with one attached hydrogen (secondary N) is 1. The third kappa shape index (κ3) is 3.68. The summed E-state index contributed by atoms with van der Waals surface area (Å²) >= 11 is 0. The first kappa shape index (κ1) is 17.7. The van der Waals surface area contributed by atoms with E-state index in [1.165, 1.54) is 12.1 Å². The van der Waals surface area contributed by atoms with Crippen molar-refractivity contribution in [1.29, 1.82) is 0 Å². The number of carbonyl (C=O) groups is 1. The number of anilines is 1. The van der Waals surface area contributed by atoms with Crippen LogP contribution in [0.25, 0.3) is 17.0 Å². The van der Waals surface area contributed by atoms with Crippen LogP contribution in [0.5, 0.6) is 5.75 Å². The van der Waals surface area contributed by atoms with Gasteiger partial charge in [0.2, 0.25) is 11.7 Å². The van der Waals surface area contributed by atoms with Crippen molar-refractivity contribution in [3.05, 3.63) is 78.5 Å². The summed E-state index contributed by atoms with van der Waals surface area (Å²) in [5.74, 6) is 0.576. The number of hydrogen-bond acceptors (Lipinski definition) is 4. The largest absolute Gasteiger partial charge is 0.495 e. The van der Waals surface area contributed by atoms with Gasteiger partial charge in [-0.1, -0.05) is 12.1 Å². The van der Waals surface area contributed by atoms with Crippen molar-refractivity contribution in [1.82, 2.24) is 14.4 Å². The maximum absolute atomic E-state index is 13.0. The Morgan fingerprint density at radius 3 is 2.79 bits per heavy atom. The highest BCUT2D eigenvalue weighted by Gasteiger charge is 2.12. The number of ether oxygens (including phenoxy) is 1. The molecule has 28 heavy (non-hydrogen) atoms. The molecule has 7 heteroatoms. The lowest BCUT2D eigenvalue weighted by atomic mass is 10.1. The Morgan fingerprint density at radius 2 is 2.04 bits per heavy atom. The molecule has 0 fully saturated rings. The molecule has 0 spiro atoms. The Hall–Kier alpha value is -3.74. The van der Waals surface area contributed by atoms with Gasteiger partial charge >= 0.3 is 0 Å². The average Bonchev–Trinajstić information content (AvgIpc) is 3.14. The summed E-state index contributed by atoms with van der Waals surface area (Å²) in [5, 5.41) is 2.86. The van der Waals surface area contributed by atoms with E-state index in [0.29, 0.717) is 17.2 Å². The number of amides is 1. The third-order valence-corrected chi connectivity index (χ3v) is 4.28. The van der Waals surface area contributed by atoms with Gasteiger partial charge in [0.05, 0.1) is 24.9 Å². The molecular weight excluding hydrogens is 359 g/mol. The molecule has 0 atom stereocenters. The molecule has 4 aromatic rings. The molecule has 2 aromatic heterocycles. The molecule has 1 amide bonds. The second-order valence-corrected chi connectivity index (χ2v) is 6.22. The SMILES string of the molecule is COc1ccc(-c2cn3cccnc3n2)cc1NC(=O)Cc1ccc(F)cc1. The highest BCUT2D eigenvalue weighted by Crippen LogP contribution is 2.30. The molecule has 140 valence electrons. The van der Waals surface area contributed by atoms with E-state index >= 15 is 0 Å². The monoisotopic (exact) mass is 376 g/mol. The van der Waals surface area contributed by atoms with Gasteiger partial charge in [0.25, 0.3) is 0 Å². The molecule has 0 aliphatic rings. The van der Waals surface area contributed by atoms with Crippen LogP contribution >= 0.6 is 0 Å². The number of halogens is 1. The molecule has 6 nitrogen and oxygen atoms in total. The van der Waals surface area contributed by atoms with E-state index in [1.807, 2.05) is 35.0 Å². The number of hydrogen-bond donors (Lipinski definition) is 1. The minimum Gasteiger partial charge on any atom is -0.495 e. The van der Waals surface area contributed by atoms with Crippen molar-refractivity contribution in [2.45, 2.75) is 6.42 Å². The Kier molecular flexibility index (Phi) is 4.72. The van der Waals surface area contributed by atoms with Crippen LogP contribution in [0.2, 0.25) is 0 Å². The number of carbonyl (C=O) groups excluding carboxylic acids is 1. The molecule has 0 radical (unpaired) electrons. The first-order chi connectivity index (χ1) is 13.6. The minimum absolute atomic E-state index is 0.131. The zero-order valence-corrected chi connectivity index (χ0v) is 15.1. The lowest BCUT2D eigenvalue weighted by molar-refractivity contribution is -0.115. The van der Waals surface area contributed by atoms with Crippen molar-refractivity contribution in [3.63, 3.8) is 0 Å². The zero-order chi connectivity index (χ0) is 19.5. The number of imidazole rings is 1. The highest BCUT2D eigenvalue weighted by molar-refractivity contribution is 5.94. The smallest absolute Gasteiger partial charge is 0.234 e. The lowest BCUT2D eigenvalue weighted by Crippen LogP contribution is -2.15. The van der Waals surface area contributed by atoms with Crippen LogP contribution in [-0.2, 0) is 11.2 Å². The molecule has 2 heterocycles. The Labute approximate surface area is 160 Å². The number of fused-ring (bicyclic) bond motifs is 1. The quantitative estimate of drug-likeness (QED) is 0.576. The summed E-state index contributed by atoms with van der Waals surface area (Å²) in [4.78, 5) is 21.1. The standard InChI is InChI=1S/C21H17FN4O2/c1-28-19-8-5-15(18-13-26-10-2-9-23-21(26)25-18)12-17(19)24-20(27)11-14-3-6-16(22)7-4-14/h2-10,12-13H,11H2,1H3,(H,24,27). The first-order valence-electron chi connectivity index (χ1n) is 8.65. The summed E-state index contributed by atoms with van der Waals surface area (Å²) in [5.41, 5.74) is 2.82. The molecule has 4 rings (SSSR count). The van der Waals surface area contributed by atoms with Crippen molar-refractivity contribution < 1.29 is 13.9 Å². The molecule has 1 N–H and O–H groups in total. The van der Waals surface area contributed by atoms with E-state index in [0.717, 1.165) is 16.8 Å². The normalized spacial score (nSPS) is 10.8. The van der Waals surface area contributed by atoms with Crippen LogP contribution in [0.1, 0.15) is 5.56 Å². The molecule has 0 aliphatic carbocycles. The molecule has 0 saturated carbocycles. The van der Waals surface area contributed by atoms with Crippen LogP contribution < -0.4 is 10.1 Å². The average molecular weight is 376 g/mol. The van der Waals surface area contributed by atoms with E-state index in [9.17, 15) is 9.18 Å². The van der Waals surface area contributed by atoms with Crippen molar-refractivity contribution in [2.24, 2.45) is 0 Å². The van der Waals surface area contributed by atoms with Gasteiger partial charge in [-0.2, -0.15) is 0 Å². The first-order valence-corrected chi connectivity index (χ1v) is 8.65.